The van der Waals surface area contributed by atoms with Crippen molar-refractivity contribution in [3.8, 4) is 22.3 Å². The molecule has 5 nitrogen and oxygen atoms in total. The highest BCUT2D eigenvalue weighted by Gasteiger charge is 2.20. The number of rotatable bonds is 6. The first kappa shape index (κ1) is 26.2. The number of benzene rings is 6. The number of aromatic amines is 1. The lowest BCUT2D eigenvalue weighted by atomic mass is 9.83. The Hall–Kier alpha value is -5.68. The number of aromatic nitrogens is 1. The van der Waals surface area contributed by atoms with Gasteiger partial charge in [-0.3, -0.25) is 0 Å². The minimum Gasteiger partial charge on any atom is -0.398 e. The predicted octanol–water partition coefficient (Wildman–Crippen LogP) is 8.36. The molecule has 5 heteroatoms. The van der Waals surface area contributed by atoms with Crippen molar-refractivity contribution in [2.24, 2.45) is 0 Å². The second-order valence-electron chi connectivity index (χ2n) is 11.2. The van der Waals surface area contributed by atoms with Crippen molar-refractivity contribution in [3.63, 3.8) is 0 Å². The van der Waals surface area contributed by atoms with Crippen molar-refractivity contribution in [1.82, 2.24) is 4.98 Å². The molecule has 0 aliphatic carbocycles. The van der Waals surface area contributed by atoms with Crippen LogP contribution in [-0.2, 0) is 6.42 Å². The van der Waals surface area contributed by atoms with E-state index in [0.717, 1.165) is 50.8 Å². The molecule has 7 rings (SSSR count). The second kappa shape index (κ2) is 10.6. The normalized spacial score (nSPS) is 11.5. The highest BCUT2D eigenvalue weighted by atomic mass is 14.7. The number of nitrogen functional groups attached to an aromatic ring is 4. The maximum Gasteiger partial charge on any atom is 0.0467 e. The molecule has 0 bridgehead atoms. The molecule has 0 unspecified atom stereocenters. The molecule has 9 N–H and O–H groups in total. The van der Waals surface area contributed by atoms with E-state index in [4.69, 9.17) is 22.9 Å². The van der Waals surface area contributed by atoms with Crippen LogP contribution in [0.3, 0.4) is 0 Å². The minimum atomic E-state index is 0.00963. The van der Waals surface area contributed by atoms with Crippen molar-refractivity contribution in [3.05, 3.63) is 144 Å². The van der Waals surface area contributed by atoms with Crippen LogP contribution >= 0.6 is 0 Å². The van der Waals surface area contributed by atoms with Gasteiger partial charge in [0.05, 0.1) is 0 Å². The summed E-state index contributed by atoms with van der Waals surface area (Å²) in [4.78, 5) is 3.60. The van der Waals surface area contributed by atoms with E-state index in [-0.39, 0.29) is 5.92 Å². The van der Waals surface area contributed by atoms with Gasteiger partial charge >= 0.3 is 0 Å². The molecule has 43 heavy (non-hydrogen) atoms. The third-order valence-electron chi connectivity index (χ3n) is 8.47. The molecule has 6 aromatic carbocycles. The lowest BCUT2D eigenvalue weighted by Crippen LogP contribution is -2.08. The van der Waals surface area contributed by atoms with Gasteiger partial charge in [0.2, 0.25) is 0 Å². The van der Waals surface area contributed by atoms with E-state index in [1.807, 2.05) is 60.7 Å². The van der Waals surface area contributed by atoms with E-state index in [1.54, 1.807) is 0 Å². The average molecular weight is 560 g/mol. The maximum absolute atomic E-state index is 6.53. The standard InChI is InChI=1S/C38H33N5/c39-33-10-4-1-7-26(33)31-21-24(14-17-35(31)41)30(25-15-18-36(42)32(22-25)27-8-2-5-11-34(27)40)19-23-13-16-29-28-9-3-6-12-37(28)43-38(29)20-23/h1-18,20-22,30,43H,19,39-42H2. The molecule has 0 spiro atoms. The fourth-order valence-corrected chi connectivity index (χ4v) is 6.22. The smallest absolute Gasteiger partial charge is 0.0467 e. The van der Waals surface area contributed by atoms with Crippen molar-refractivity contribution in [2.75, 3.05) is 22.9 Å². The molecule has 1 aromatic heterocycles. The predicted molar refractivity (Wildman–Crippen MR) is 183 cm³/mol. The minimum absolute atomic E-state index is 0.00963. The van der Waals surface area contributed by atoms with Crippen LogP contribution in [0.2, 0.25) is 0 Å². The Balaban J connectivity index is 1.38. The zero-order valence-corrected chi connectivity index (χ0v) is 23.7. The van der Waals surface area contributed by atoms with Crippen LogP contribution in [0.25, 0.3) is 44.1 Å². The third kappa shape index (κ3) is 4.81. The van der Waals surface area contributed by atoms with Crippen LogP contribution < -0.4 is 22.9 Å². The molecule has 0 fully saturated rings. The number of para-hydroxylation sites is 3. The summed E-state index contributed by atoms with van der Waals surface area (Å²) >= 11 is 0. The third-order valence-corrected chi connectivity index (χ3v) is 8.47. The lowest BCUT2D eigenvalue weighted by Gasteiger charge is -2.22. The van der Waals surface area contributed by atoms with E-state index in [0.29, 0.717) is 22.7 Å². The molecule has 0 radical (unpaired) electrons. The van der Waals surface area contributed by atoms with Crippen molar-refractivity contribution < 1.29 is 0 Å². The molecule has 0 saturated carbocycles. The summed E-state index contributed by atoms with van der Waals surface area (Å²) in [5, 5.41) is 2.45. The van der Waals surface area contributed by atoms with Gasteiger partial charge in [0.25, 0.3) is 0 Å². The first-order valence-corrected chi connectivity index (χ1v) is 14.4. The maximum atomic E-state index is 6.53. The number of nitrogens with two attached hydrogens (primary N) is 4. The Bertz CT molecular complexity index is 2030. The number of hydrogen-bond acceptors (Lipinski definition) is 4. The quantitative estimate of drug-likeness (QED) is 0.131. The molecule has 0 saturated heterocycles. The molecule has 1 heterocycles. The van der Waals surface area contributed by atoms with Crippen molar-refractivity contribution in [2.45, 2.75) is 12.3 Å². The molecule has 7 aromatic rings. The van der Waals surface area contributed by atoms with E-state index in [2.05, 4.69) is 71.7 Å². The molecule has 0 aliphatic rings. The summed E-state index contributed by atoms with van der Waals surface area (Å²) in [6.45, 7) is 0. The van der Waals surface area contributed by atoms with Gasteiger partial charge in [0.1, 0.15) is 0 Å². The molecule has 210 valence electrons. The second-order valence-corrected chi connectivity index (χ2v) is 11.2. The first-order valence-electron chi connectivity index (χ1n) is 14.4. The molecule has 0 atom stereocenters. The summed E-state index contributed by atoms with van der Waals surface area (Å²) in [6.07, 6.45) is 0.770. The van der Waals surface area contributed by atoms with E-state index < -0.39 is 0 Å². The monoisotopic (exact) mass is 559 g/mol. The van der Waals surface area contributed by atoms with Crippen molar-refractivity contribution in [1.29, 1.82) is 0 Å². The first-order chi connectivity index (χ1) is 21.0. The molecular formula is C38H33N5. The number of anilines is 4. The van der Waals surface area contributed by atoms with Gasteiger partial charge in [0.15, 0.2) is 0 Å². The molecule has 0 amide bonds. The Morgan fingerprint density at radius 1 is 0.442 bits per heavy atom. The summed E-state index contributed by atoms with van der Waals surface area (Å²) < 4.78 is 0. The number of fused-ring (bicyclic) bond motifs is 3. The van der Waals surface area contributed by atoms with Gasteiger partial charge in [-0.15, -0.1) is 0 Å². The van der Waals surface area contributed by atoms with E-state index in [9.17, 15) is 0 Å². The Morgan fingerprint density at radius 3 is 1.56 bits per heavy atom. The fourth-order valence-electron chi connectivity index (χ4n) is 6.22. The van der Waals surface area contributed by atoms with Crippen LogP contribution in [0.1, 0.15) is 22.6 Å². The van der Waals surface area contributed by atoms with Crippen LogP contribution in [0.4, 0.5) is 22.7 Å². The summed E-state index contributed by atoms with van der Waals surface area (Å²) in [6, 6.07) is 43.4. The van der Waals surface area contributed by atoms with Crippen LogP contribution in [0.15, 0.2) is 127 Å². The van der Waals surface area contributed by atoms with Gasteiger partial charge in [-0.2, -0.15) is 0 Å². The Labute approximate surface area is 250 Å². The largest absolute Gasteiger partial charge is 0.398 e. The highest BCUT2D eigenvalue weighted by Crippen LogP contribution is 2.39. The highest BCUT2D eigenvalue weighted by molar-refractivity contribution is 6.07. The fraction of sp³-hybridized carbons (Fsp3) is 0.0526. The number of nitrogens with one attached hydrogen (secondary N) is 1. The van der Waals surface area contributed by atoms with Gasteiger partial charge in [0, 0.05) is 72.7 Å². The topological polar surface area (TPSA) is 120 Å². The molecule has 0 aliphatic heterocycles. The molecular weight excluding hydrogens is 526 g/mol. The average Bonchev–Trinajstić information content (AvgIpc) is 3.39. The SMILES string of the molecule is Nc1ccccc1-c1cc(C(Cc2ccc3c(c2)[nH]c2ccccc23)c2ccc(N)c(-c3ccccc3N)c2)ccc1N. The summed E-state index contributed by atoms with van der Waals surface area (Å²) in [5.74, 6) is 0.00963. The number of hydrogen-bond donors (Lipinski definition) is 5. The van der Waals surface area contributed by atoms with Crippen LogP contribution in [-0.4, -0.2) is 4.98 Å². The van der Waals surface area contributed by atoms with Crippen molar-refractivity contribution >= 4 is 44.6 Å². The van der Waals surface area contributed by atoms with Gasteiger partial charge in [-0.05, 0) is 71.6 Å². The van der Waals surface area contributed by atoms with E-state index >= 15 is 0 Å². The van der Waals surface area contributed by atoms with Gasteiger partial charge in [-0.1, -0.05) is 78.9 Å². The zero-order valence-electron chi connectivity index (χ0n) is 23.7. The Morgan fingerprint density at radius 2 is 0.953 bits per heavy atom. The Kier molecular flexibility index (Phi) is 6.48. The summed E-state index contributed by atoms with van der Waals surface area (Å²) in [7, 11) is 0. The van der Waals surface area contributed by atoms with Crippen LogP contribution in [0, 0.1) is 0 Å². The van der Waals surface area contributed by atoms with Gasteiger partial charge in [-0.25, -0.2) is 0 Å². The summed E-state index contributed by atoms with van der Waals surface area (Å²) in [5.41, 5.74) is 38.1. The van der Waals surface area contributed by atoms with Crippen LogP contribution in [0.5, 0.6) is 0 Å². The van der Waals surface area contributed by atoms with Gasteiger partial charge < -0.3 is 27.9 Å². The lowest BCUT2D eigenvalue weighted by molar-refractivity contribution is 0.807. The zero-order chi connectivity index (χ0) is 29.5. The number of H-pyrrole nitrogens is 1. The van der Waals surface area contributed by atoms with E-state index in [1.165, 1.54) is 16.3 Å².